The summed E-state index contributed by atoms with van der Waals surface area (Å²) in [5.74, 6) is 2.45. The number of likely N-dealkylation sites (tertiary alicyclic amines) is 1. The fourth-order valence-corrected chi connectivity index (χ4v) is 3.16. The molecule has 3 rings (SSSR count). The van der Waals surface area contributed by atoms with Crippen LogP contribution < -0.4 is 5.73 Å². The van der Waals surface area contributed by atoms with E-state index in [1.807, 2.05) is 0 Å². The Morgan fingerprint density at radius 1 is 1.47 bits per heavy atom. The van der Waals surface area contributed by atoms with Gasteiger partial charge in [-0.1, -0.05) is 6.92 Å². The standard InChI is InChI=1S/C13H22N2O.ClH/c1-13(7-14)4-5-15(8-13)12(16)11-6-10(11)9-2-3-9;/h9-11H,2-8,14H2,1H3;1H. The van der Waals surface area contributed by atoms with Crippen LogP contribution in [0, 0.1) is 23.2 Å². The van der Waals surface area contributed by atoms with Crippen molar-refractivity contribution in [3.8, 4) is 0 Å². The molecular weight excluding hydrogens is 236 g/mol. The number of nitrogens with two attached hydrogens (primary N) is 1. The van der Waals surface area contributed by atoms with Crippen molar-refractivity contribution in [1.29, 1.82) is 0 Å². The van der Waals surface area contributed by atoms with Crippen molar-refractivity contribution in [2.75, 3.05) is 19.6 Å². The van der Waals surface area contributed by atoms with Crippen LogP contribution in [0.15, 0.2) is 0 Å². The number of hydrogen-bond acceptors (Lipinski definition) is 2. The van der Waals surface area contributed by atoms with Gasteiger partial charge in [0.2, 0.25) is 5.91 Å². The second-order valence-electron chi connectivity index (χ2n) is 6.37. The molecule has 0 aromatic carbocycles. The second-order valence-corrected chi connectivity index (χ2v) is 6.37. The number of rotatable bonds is 3. The predicted molar refractivity (Wildman–Crippen MR) is 69.9 cm³/mol. The zero-order valence-corrected chi connectivity index (χ0v) is 11.3. The second kappa shape index (κ2) is 4.43. The minimum absolute atomic E-state index is 0. The van der Waals surface area contributed by atoms with E-state index in [1.165, 1.54) is 19.3 Å². The first-order chi connectivity index (χ1) is 7.63. The van der Waals surface area contributed by atoms with Gasteiger partial charge in [0.1, 0.15) is 0 Å². The number of amides is 1. The Morgan fingerprint density at radius 2 is 2.18 bits per heavy atom. The molecule has 1 saturated heterocycles. The molecule has 3 aliphatic rings. The zero-order chi connectivity index (χ0) is 11.3. The zero-order valence-electron chi connectivity index (χ0n) is 10.5. The summed E-state index contributed by atoms with van der Waals surface area (Å²) in [6.45, 7) is 4.72. The first-order valence-corrected chi connectivity index (χ1v) is 6.62. The minimum atomic E-state index is 0. The van der Waals surface area contributed by atoms with Gasteiger partial charge in [-0.05, 0) is 49.5 Å². The highest BCUT2D eigenvalue weighted by molar-refractivity contribution is 5.85. The molecule has 2 aliphatic carbocycles. The molecule has 0 aromatic heterocycles. The van der Waals surface area contributed by atoms with Crippen molar-refractivity contribution >= 4 is 18.3 Å². The molecule has 3 nitrogen and oxygen atoms in total. The summed E-state index contributed by atoms with van der Waals surface area (Å²) in [4.78, 5) is 14.3. The molecule has 0 aromatic rings. The average Bonchev–Trinajstić information content (AvgIpc) is 3.13. The molecule has 2 N–H and O–H groups in total. The molecule has 0 bridgehead atoms. The number of nitrogens with zero attached hydrogens (tertiary/aromatic N) is 1. The molecular formula is C13H23ClN2O. The van der Waals surface area contributed by atoms with Crippen molar-refractivity contribution in [2.45, 2.75) is 32.6 Å². The van der Waals surface area contributed by atoms with E-state index >= 15 is 0 Å². The highest BCUT2D eigenvalue weighted by Crippen LogP contribution is 2.55. The molecule has 3 fully saturated rings. The van der Waals surface area contributed by atoms with Crippen LogP contribution in [0.5, 0.6) is 0 Å². The lowest BCUT2D eigenvalue weighted by atomic mass is 9.90. The van der Waals surface area contributed by atoms with Gasteiger partial charge in [-0.15, -0.1) is 12.4 Å². The maximum absolute atomic E-state index is 12.2. The largest absolute Gasteiger partial charge is 0.342 e. The maximum atomic E-state index is 12.2. The van der Waals surface area contributed by atoms with Gasteiger partial charge in [0.25, 0.3) is 0 Å². The molecule has 3 atom stereocenters. The third kappa shape index (κ3) is 2.45. The van der Waals surface area contributed by atoms with E-state index in [0.29, 0.717) is 18.4 Å². The van der Waals surface area contributed by atoms with Gasteiger partial charge in [0.15, 0.2) is 0 Å². The Balaban J connectivity index is 0.00000108. The Labute approximate surface area is 110 Å². The molecule has 1 amide bonds. The summed E-state index contributed by atoms with van der Waals surface area (Å²) in [6, 6.07) is 0. The third-order valence-electron chi connectivity index (χ3n) is 4.75. The van der Waals surface area contributed by atoms with Gasteiger partial charge in [0, 0.05) is 19.0 Å². The van der Waals surface area contributed by atoms with E-state index in [9.17, 15) is 4.79 Å². The number of carbonyl (C=O) groups is 1. The topological polar surface area (TPSA) is 46.3 Å². The third-order valence-corrected chi connectivity index (χ3v) is 4.75. The van der Waals surface area contributed by atoms with E-state index in [2.05, 4.69) is 11.8 Å². The van der Waals surface area contributed by atoms with Crippen molar-refractivity contribution in [3.63, 3.8) is 0 Å². The van der Waals surface area contributed by atoms with Crippen LogP contribution in [-0.2, 0) is 4.79 Å². The smallest absolute Gasteiger partial charge is 0.226 e. The Hall–Kier alpha value is -0.280. The average molecular weight is 259 g/mol. The lowest BCUT2D eigenvalue weighted by Crippen LogP contribution is -2.35. The molecule has 2 saturated carbocycles. The van der Waals surface area contributed by atoms with Crippen molar-refractivity contribution in [2.24, 2.45) is 28.9 Å². The monoisotopic (exact) mass is 258 g/mol. The summed E-state index contributed by atoms with van der Waals surface area (Å²) in [7, 11) is 0. The van der Waals surface area contributed by atoms with Gasteiger partial charge in [0.05, 0.1) is 0 Å². The molecule has 1 aliphatic heterocycles. The molecule has 17 heavy (non-hydrogen) atoms. The molecule has 0 spiro atoms. The van der Waals surface area contributed by atoms with Crippen LogP contribution in [-0.4, -0.2) is 30.4 Å². The highest BCUT2D eigenvalue weighted by atomic mass is 35.5. The van der Waals surface area contributed by atoms with Gasteiger partial charge in [-0.2, -0.15) is 0 Å². The van der Waals surface area contributed by atoms with E-state index in [-0.39, 0.29) is 17.8 Å². The minimum Gasteiger partial charge on any atom is -0.342 e. The van der Waals surface area contributed by atoms with Crippen molar-refractivity contribution in [1.82, 2.24) is 4.90 Å². The maximum Gasteiger partial charge on any atom is 0.226 e. The van der Waals surface area contributed by atoms with Gasteiger partial charge >= 0.3 is 0 Å². The van der Waals surface area contributed by atoms with E-state index < -0.39 is 0 Å². The summed E-state index contributed by atoms with van der Waals surface area (Å²) >= 11 is 0. The molecule has 0 radical (unpaired) electrons. The highest BCUT2D eigenvalue weighted by Gasteiger charge is 2.53. The number of halogens is 1. The Kier molecular flexibility index (Phi) is 3.43. The number of carbonyl (C=O) groups excluding carboxylic acids is 1. The van der Waals surface area contributed by atoms with E-state index in [4.69, 9.17) is 5.73 Å². The Bertz CT molecular complexity index is 319. The van der Waals surface area contributed by atoms with Crippen molar-refractivity contribution < 1.29 is 4.79 Å². The van der Waals surface area contributed by atoms with Crippen LogP contribution in [0.3, 0.4) is 0 Å². The van der Waals surface area contributed by atoms with Crippen LogP contribution in [0.25, 0.3) is 0 Å². The predicted octanol–water partition coefficient (Wildman–Crippen LogP) is 1.65. The fraction of sp³-hybridized carbons (Fsp3) is 0.923. The van der Waals surface area contributed by atoms with Gasteiger partial charge in [-0.25, -0.2) is 0 Å². The molecule has 3 unspecified atom stereocenters. The van der Waals surface area contributed by atoms with Gasteiger partial charge < -0.3 is 10.6 Å². The summed E-state index contributed by atoms with van der Waals surface area (Å²) in [6.07, 6.45) is 4.99. The summed E-state index contributed by atoms with van der Waals surface area (Å²) in [5.41, 5.74) is 5.95. The molecule has 98 valence electrons. The summed E-state index contributed by atoms with van der Waals surface area (Å²) in [5, 5.41) is 0. The lowest BCUT2D eigenvalue weighted by Gasteiger charge is -2.22. The van der Waals surface area contributed by atoms with E-state index in [0.717, 1.165) is 31.3 Å². The normalized spacial score (nSPS) is 40.0. The quantitative estimate of drug-likeness (QED) is 0.837. The van der Waals surface area contributed by atoms with Crippen LogP contribution in [0.2, 0.25) is 0 Å². The first-order valence-electron chi connectivity index (χ1n) is 6.62. The first kappa shape index (κ1) is 13.2. The van der Waals surface area contributed by atoms with Gasteiger partial charge in [-0.3, -0.25) is 4.79 Å². The van der Waals surface area contributed by atoms with Crippen molar-refractivity contribution in [3.05, 3.63) is 0 Å². The molecule has 4 heteroatoms. The Morgan fingerprint density at radius 3 is 2.71 bits per heavy atom. The number of hydrogen-bond donors (Lipinski definition) is 1. The van der Waals surface area contributed by atoms with Crippen LogP contribution in [0.1, 0.15) is 32.6 Å². The molecule has 1 heterocycles. The SMILES string of the molecule is CC1(CN)CCN(C(=O)C2CC2C2CC2)C1.Cl. The summed E-state index contributed by atoms with van der Waals surface area (Å²) < 4.78 is 0. The van der Waals surface area contributed by atoms with E-state index in [1.54, 1.807) is 0 Å². The van der Waals surface area contributed by atoms with Crippen LogP contribution >= 0.6 is 12.4 Å². The van der Waals surface area contributed by atoms with Crippen LogP contribution in [0.4, 0.5) is 0 Å². The fourth-order valence-electron chi connectivity index (χ4n) is 3.16. The lowest BCUT2D eigenvalue weighted by molar-refractivity contribution is -0.132.